The summed E-state index contributed by atoms with van der Waals surface area (Å²) < 4.78 is 4.67. The lowest BCUT2D eigenvalue weighted by molar-refractivity contribution is -0.145. The van der Waals surface area contributed by atoms with Gasteiger partial charge in [-0.15, -0.1) is 0 Å². The van der Waals surface area contributed by atoms with Crippen LogP contribution in [0.5, 0.6) is 0 Å². The molecule has 0 aromatic heterocycles. The predicted molar refractivity (Wildman–Crippen MR) is 67.7 cm³/mol. The summed E-state index contributed by atoms with van der Waals surface area (Å²) in [6.07, 6.45) is 1.95. The van der Waals surface area contributed by atoms with Gasteiger partial charge in [-0.05, 0) is 20.1 Å². The molecule has 0 rings (SSSR count). The standard InChI is InChI=1S/C11H23NO3S/c1-8(10(13)15-4)9(2)12-6-11(3,14)7-16-5/h8-9,12,14H,6-7H2,1-5H3. The van der Waals surface area contributed by atoms with Gasteiger partial charge < -0.3 is 15.2 Å². The van der Waals surface area contributed by atoms with Gasteiger partial charge >= 0.3 is 5.97 Å². The zero-order valence-electron chi connectivity index (χ0n) is 10.7. The minimum atomic E-state index is -0.747. The second kappa shape index (κ2) is 7.14. The van der Waals surface area contributed by atoms with E-state index in [4.69, 9.17) is 0 Å². The first kappa shape index (κ1) is 15.7. The third-order valence-electron chi connectivity index (χ3n) is 2.58. The summed E-state index contributed by atoms with van der Waals surface area (Å²) in [5.41, 5.74) is -0.747. The number of esters is 1. The fourth-order valence-corrected chi connectivity index (χ4v) is 2.03. The van der Waals surface area contributed by atoms with Gasteiger partial charge in [-0.1, -0.05) is 6.92 Å². The average molecular weight is 249 g/mol. The van der Waals surface area contributed by atoms with Gasteiger partial charge in [0.15, 0.2) is 0 Å². The van der Waals surface area contributed by atoms with E-state index in [1.807, 2.05) is 20.1 Å². The Hall–Kier alpha value is -0.260. The molecule has 0 aromatic carbocycles. The summed E-state index contributed by atoms with van der Waals surface area (Å²) >= 11 is 1.60. The quantitative estimate of drug-likeness (QED) is 0.656. The highest BCUT2D eigenvalue weighted by molar-refractivity contribution is 7.98. The monoisotopic (exact) mass is 249 g/mol. The van der Waals surface area contributed by atoms with Crippen molar-refractivity contribution >= 4 is 17.7 Å². The van der Waals surface area contributed by atoms with Crippen LogP contribution in [0.3, 0.4) is 0 Å². The Balaban J connectivity index is 4.06. The summed E-state index contributed by atoms with van der Waals surface area (Å²) in [7, 11) is 1.38. The molecule has 0 aromatic rings. The molecule has 5 heteroatoms. The molecular formula is C11H23NO3S. The second-order valence-corrected chi connectivity index (χ2v) is 5.28. The summed E-state index contributed by atoms with van der Waals surface area (Å²) in [5, 5.41) is 13.1. The zero-order valence-corrected chi connectivity index (χ0v) is 11.6. The van der Waals surface area contributed by atoms with Crippen LogP contribution in [0, 0.1) is 5.92 Å². The summed E-state index contributed by atoms with van der Waals surface area (Å²) in [4.78, 5) is 11.3. The first-order valence-corrected chi connectivity index (χ1v) is 6.76. The molecule has 0 amide bonds. The second-order valence-electron chi connectivity index (χ2n) is 4.41. The highest BCUT2D eigenvalue weighted by atomic mass is 32.2. The van der Waals surface area contributed by atoms with Crippen LogP contribution in [0.1, 0.15) is 20.8 Å². The molecule has 96 valence electrons. The van der Waals surface area contributed by atoms with Gasteiger partial charge in [-0.2, -0.15) is 11.8 Å². The summed E-state index contributed by atoms with van der Waals surface area (Å²) in [6, 6.07) is -0.0132. The molecule has 3 atom stereocenters. The lowest BCUT2D eigenvalue weighted by Crippen LogP contribution is -2.46. The number of carbonyl (C=O) groups is 1. The van der Waals surface area contributed by atoms with E-state index in [-0.39, 0.29) is 17.9 Å². The summed E-state index contributed by atoms with van der Waals surface area (Å²) in [5.74, 6) is 0.221. The molecule has 0 saturated heterocycles. The molecular weight excluding hydrogens is 226 g/mol. The van der Waals surface area contributed by atoms with Crippen LogP contribution < -0.4 is 5.32 Å². The highest BCUT2D eigenvalue weighted by Gasteiger charge is 2.24. The number of hydrogen-bond acceptors (Lipinski definition) is 5. The normalized spacial score (nSPS) is 18.6. The maximum atomic E-state index is 11.3. The molecule has 0 fully saturated rings. The van der Waals surface area contributed by atoms with Gasteiger partial charge in [0.1, 0.15) is 0 Å². The molecule has 0 radical (unpaired) electrons. The van der Waals surface area contributed by atoms with Gasteiger partial charge in [0.2, 0.25) is 0 Å². The molecule has 0 heterocycles. The van der Waals surface area contributed by atoms with Crippen LogP contribution in [0.4, 0.5) is 0 Å². The van der Waals surface area contributed by atoms with Crippen LogP contribution in [0.15, 0.2) is 0 Å². The van der Waals surface area contributed by atoms with Crippen LogP contribution >= 0.6 is 11.8 Å². The Bertz CT molecular complexity index is 221. The van der Waals surface area contributed by atoms with E-state index >= 15 is 0 Å². The van der Waals surface area contributed by atoms with E-state index < -0.39 is 5.60 Å². The van der Waals surface area contributed by atoms with E-state index in [9.17, 15) is 9.90 Å². The van der Waals surface area contributed by atoms with E-state index in [1.54, 1.807) is 18.7 Å². The number of thioether (sulfide) groups is 1. The number of methoxy groups -OCH3 is 1. The van der Waals surface area contributed by atoms with Crippen LogP contribution in [-0.2, 0) is 9.53 Å². The minimum absolute atomic E-state index is 0.0132. The van der Waals surface area contributed by atoms with Crippen molar-refractivity contribution in [3.63, 3.8) is 0 Å². The largest absolute Gasteiger partial charge is 0.469 e. The fourth-order valence-electron chi connectivity index (χ4n) is 1.31. The summed E-state index contributed by atoms with van der Waals surface area (Å²) in [6.45, 7) is 5.98. The van der Waals surface area contributed by atoms with Crippen molar-refractivity contribution in [1.82, 2.24) is 5.32 Å². The van der Waals surface area contributed by atoms with Crippen molar-refractivity contribution in [2.75, 3.05) is 25.7 Å². The Morgan fingerprint density at radius 3 is 2.56 bits per heavy atom. The van der Waals surface area contributed by atoms with Crippen molar-refractivity contribution in [3.8, 4) is 0 Å². The Labute approximate surface area is 102 Å². The van der Waals surface area contributed by atoms with Crippen LogP contribution in [0.2, 0.25) is 0 Å². The molecule has 0 aliphatic heterocycles. The third kappa shape index (κ3) is 5.72. The average Bonchev–Trinajstić information content (AvgIpc) is 2.23. The first-order chi connectivity index (χ1) is 7.34. The number of ether oxygens (including phenoxy) is 1. The molecule has 0 spiro atoms. The lowest BCUT2D eigenvalue weighted by atomic mass is 10.0. The van der Waals surface area contributed by atoms with Gasteiger partial charge in [-0.25, -0.2) is 0 Å². The molecule has 2 N–H and O–H groups in total. The first-order valence-electron chi connectivity index (χ1n) is 5.36. The lowest BCUT2D eigenvalue weighted by Gasteiger charge is -2.27. The number of carbonyl (C=O) groups excluding carboxylic acids is 1. The van der Waals surface area contributed by atoms with Crippen molar-refractivity contribution in [2.24, 2.45) is 5.92 Å². The van der Waals surface area contributed by atoms with Gasteiger partial charge in [-0.3, -0.25) is 4.79 Å². The van der Waals surface area contributed by atoms with Gasteiger partial charge in [0.25, 0.3) is 0 Å². The zero-order chi connectivity index (χ0) is 12.8. The molecule has 16 heavy (non-hydrogen) atoms. The maximum absolute atomic E-state index is 11.3. The van der Waals surface area contributed by atoms with Crippen LogP contribution in [0.25, 0.3) is 0 Å². The van der Waals surface area contributed by atoms with Crippen molar-refractivity contribution in [1.29, 1.82) is 0 Å². The fraction of sp³-hybridized carbons (Fsp3) is 0.909. The highest BCUT2D eigenvalue weighted by Crippen LogP contribution is 2.11. The molecule has 3 unspecified atom stereocenters. The Morgan fingerprint density at radius 1 is 1.56 bits per heavy atom. The maximum Gasteiger partial charge on any atom is 0.309 e. The van der Waals surface area contributed by atoms with E-state index in [0.717, 1.165) is 0 Å². The Kier molecular flexibility index (Phi) is 7.03. The SMILES string of the molecule is COC(=O)C(C)C(C)NCC(C)(O)CSC. The molecule has 0 bridgehead atoms. The van der Waals surface area contributed by atoms with Crippen molar-refractivity contribution in [3.05, 3.63) is 0 Å². The Morgan fingerprint density at radius 2 is 2.12 bits per heavy atom. The molecule has 0 aliphatic rings. The third-order valence-corrected chi connectivity index (χ3v) is 3.49. The minimum Gasteiger partial charge on any atom is -0.469 e. The number of hydrogen-bond donors (Lipinski definition) is 2. The van der Waals surface area contributed by atoms with E-state index in [1.165, 1.54) is 7.11 Å². The number of aliphatic hydroxyl groups is 1. The van der Waals surface area contributed by atoms with Gasteiger partial charge in [0, 0.05) is 18.3 Å². The van der Waals surface area contributed by atoms with Crippen LogP contribution in [-0.4, -0.2) is 48.4 Å². The smallest absolute Gasteiger partial charge is 0.309 e. The van der Waals surface area contributed by atoms with Crippen molar-refractivity contribution < 1.29 is 14.6 Å². The van der Waals surface area contributed by atoms with E-state index in [0.29, 0.717) is 12.3 Å². The molecule has 0 aliphatic carbocycles. The van der Waals surface area contributed by atoms with Crippen molar-refractivity contribution in [2.45, 2.75) is 32.4 Å². The number of rotatable bonds is 7. The number of nitrogens with one attached hydrogen (secondary N) is 1. The topological polar surface area (TPSA) is 58.6 Å². The molecule has 0 saturated carbocycles. The predicted octanol–water partition coefficient (Wildman–Crippen LogP) is 0.888. The van der Waals surface area contributed by atoms with Gasteiger partial charge in [0.05, 0.1) is 18.6 Å². The molecule has 4 nitrogen and oxygen atoms in total. The van der Waals surface area contributed by atoms with E-state index in [2.05, 4.69) is 10.1 Å².